The van der Waals surface area contributed by atoms with Crippen molar-refractivity contribution in [1.82, 2.24) is 5.32 Å². The molecule has 0 aliphatic carbocycles. The molecule has 34 heavy (non-hydrogen) atoms. The van der Waals surface area contributed by atoms with E-state index in [2.05, 4.69) is 16.6 Å². The molecule has 0 spiro atoms. The number of nitrogens with zero attached hydrogens (tertiary/aromatic N) is 1. The predicted molar refractivity (Wildman–Crippen MR) is 127 cm³/mol. The summed E-state index contributed by atoms with van der Waals surface area (Å²) in [5.74, 6) is -0.252. The smallest absolute Gasteiger partial charge is 0.329 e. The second kappa shape index (κ2) is 17.9. The fourth-order valence-corrected chi connectivity index (χ4v) is 2.68. The summed E-state index contributed by atoms with van der Waals surface area (Å²) < 4.78 is 14.8. The summed E-state index contributed by atoms with van der Waals surface area (Å²) in [5, 5.41) is 12.8. The van der Waals surface area contributed by atoms with Crippen LogP contribution in [-0.4, -0.2) is 49.7 Å². The third-order valence-corrected chi connectivity index (χ3v) is 4.41. The number of carbonyl (C=O) groups is 2. The van der Waals surface area contributed by atoms with E-state index >= 15 is 0 Å². The highest BCUT2D eigenvalue weighted by molar-refractivity contribution is 5.80. The Labute approximate surface area is 199 Å². The molecule has 1 saturated heterocycles. The first kappa shape index (κ1) is 28.5. The summed E-state index contributed by atoms with van der Waals surface area (Å²) >= 11 is 0. The lowest BCUT2D eigenvalue weighted by Crippen LogP contribution is -2.29. The second-order valence-corrected chi connectivity index (χ2v) is 7.13. The molecule has 9 heteroatoms. The van der Waals surface area contributed by atoms with Crippen LogP contribution < -0.4 is 5.32 Å². The minimum atomic E-state index is -0.394. The van der Waals surface area contributed by atoms with Crippen LogP contribution in [0, 0.1) is 10.1 Å². The number of carbonyl (C=O) groups excluding carboxylic acids is 2. The Hall–Kier alpha value is -3.56. The van der Waals surface area contributed by atoms with E-state index in [4.69, 9.17) is 9.47 Å². The summed E-state index contributed by atoms with van der Waals surface area (Å²) in [6.07, 6.45) is 2.65. The lowest BCUT2D eigenvalue weighted by atomic mass is 10.2. The van der Waals surface area contributed by atoms with Gasteiger partial charge in [-0.1, -0.05) is 67.2 Å². The van der Waals surface area contributed by atoms with Gasteiger partial charge in [0.1, 0.15) is 6.61 Å². The molecule has 1 atom stereocenters. The Morgan fingerprint density at radius 1 is 1.09 bits per heavy atom. The number of amides is 1. The van der Waals surface area contributed by atoms with Crippen molar-refractivity contribution in [3.8, 4) is 0 Å². The molecule has 1 heterocycles. The zero-order chi connectivity index (χ0) is 25.0. The zero-order valence-corrected chi connectivity index (χ0v) is 19.4. The van der Waals surface area contributed by atoms with Crippen LogP contribution in [0.25, 0.3) is 0 Å². The van der Waals surface area contributed by atoms with Crippen molar-refractivity contribution in [3.63, 3.8) is 0 Å². The Morgan fingerprint density at radius 3 is 2.06 bits per heavy atom. The number of nitro groups is 1. The van der Waals surface area contributed by atoms with Gasteiger partial charge in [0.2, 0.25) is 12.5 Å². The fourth-order valence-electron chi connectivity index (χ4n) is 2.68. The molecule has 1 unspecified atom stereocenters. The van der Waals surface area contributed by atoms with Crippen LogP contribution in [0.5, 0.6) is 0 Å². The number of hydrogen-bond donors (Lipinski definition) is 1. The molecule has 184 valence electrons. The number of methoxy groups -OCH3 is 1. The molecule has 1 amide bonds. The first-order chi connectivity index (χ1) is 16.4. The van der Waals surface area contributed by atoms with Crippen LogP contribution in [0.2, 0.25) is 0 Å². The molecular weight excluding hydrogens is 440 g/mol. The van der Waals surface area contributed by atoms with Crippen LogP contribution in [-0.2, 0) is 37.0 Å². The summed E-state index contributed by atoms with van der Waals surface area (Å²) in [4.78, 5) is 30.3. The number of rotatable bonds is 10. The van der Waals surface area contributed by atoms with Gasteiger partial charge in [-0.25, -0.2) is 4.79 Å². The van der Waals surface area contributed by atoms with E-state index in [1.54, 1.807) is 0 Å². The first-order valence-electron chi connectivity index (χ1n) is 10.8. The standard InChI is InChI=1S/C12H15NO2.C9H11NO3.C4H6O2/c14-12-7-6-11(13-12)9-15-8-10-4-2-1-3-5-10;11-10(12)6-7-13-8-9-4-2-1-3-5-9;1-3-4(5)6-2/h1-5,11H,6-9H2,(H,13,14);1-5H,6-8H2;3H,1H2,2H3. The van der Waals surface area contributed by atoms with Crippen LogP contribution in [0.1, 0.15) is 24.0 Å². The van der Waals surface area contributed by atoms with Crippen molar-refractivity contribution >= 4 is 11.9 Å². The first-order valence-corrected chi connectivity index (χ1v) is 10.8. The van der Waals surface area contributed by atoms with Gasteiger partial charge in [0, 0.05) is 17.4 Å². The zero-order valence-electron chi connectivity index (χ0n) is 19.4. The SMILES string of the molecule is C=CC(=O)OC.O=C1CCC(COCc2ccccc2)N1.O=[N+]([O-])CCOCc1ccccc1. The van der Waals surface area contributed by atoms with Gasteiger partial charge in [-0.15, -0.1) is 0 Å². The summed E-state index contributed by atoms with van der Waals surface area (Å²) in [7, 11) is 1.31. The average Bonchev–Trinajstić information content (AvgIpc) is 3.28. The van der Waals surface area contributed by atoms with Gasteiger partial charge in [0.05, 0.1) is 33.0 Å². The molecule has 0 bridgehead atoms. The van der Waals surface area contributed by atoms with Crippen molar-refractivity contribution in [3.05, 3.63) is 94.6 Å². The Kier molecular flexibility index (Phi) is 15.0. The van der Waals surface area contributed by atoms with Crippen LogP contribution in [0.15, 0.2) is 73.3 Å². The van der Waals surface area contributed by atoms with Crippen LogP contribution >= 0.6 is 0 Å². The van der Waals surface area contributed by atoms with Gasteiger partial charge in [0.25, 0.3) is 0 Å². The number of esters is 1. The highest BCUT2D eigenvalue weighted by atomic mass is 16.6. The van der Waals surface area contributed by atoms with E-state index in [-0.39, 0.29) is 30.0 Å². The van der Waals surface area contributed by atoms with Crippen molar-refractivity contribution in [1.29, 1.82) is 0 Å². The summed E-state index contributed by atoms with van der Waals surface area (Å²) in [5.41, 5.74) is 2.20. The number of ether oxygens (including phenoxy) is 3. The molecule has 0 radical (unpaired) electrons. The highest BCUT2D eigenvalue weighted by Gasteiger charge is 2.20. The van der Waals surface area contributed by atoms with Crippen LogP contribution in [0.3, 0.4) is 0 Å². The lowest BCUT2D eigenvalue weighted by molar-refractivity contribution is -0.483. The number of nitrogens with one attached hydrogen (secondary N) is 1. The quantitative estimate of drug-likeness (QED) is 0.185. The third kappa shape index (κ3) is 14.5. The molecule has 1 aliphatic heterocycles. The molecule has 1 aliphatic rings. The van der Waals surface area contributed by atoms with Crippen molar-refractivity contribution in [2.45, 2.75) is 32.1 Å². The van der Waals surface area contributed by atoms with E-state index in [1.165, 1.54) is 12.7 Å². The molecule has 1 N–H and O–H groups in total. The Balaban J connectivity index is 0.000000279. The van der Waals surface area contributed by atoms with Crippen LogP contribution in [0.4, 0.5) is 0 Å². The Bertz CT molecular complexity index is 860. The molecule has 2 aromatic carbocycles. The topological polar surface area (TPSA) is 117 Å². The van der Waals surface area contributed by atoms with Crippen molar-refractivity contribution in [2.75, 3.05) is 26.9 Å². The molecule has 2 aromatic rings. The predicted octanol–water partition coefficient (Wildman–Crippen LogP) is 3.31. The molecule has 9 nitrogen and oxygen atoms in total. The second-order valence-electron chi connectivity index (χ2n) is 7.13. The number of benzene rings is 2. The average molecular weight is 473 g/mol. The normalized spacial score (nSPS) is 13.9. The van der Waals surface area contributed by atoms with Gasteiger partial charge in [-0.05, 0) is 17.5 Å². The lowest BCUT2D eigenvalue weighted by Gasteiger charge is -2.10. The highest BCUT2D eigenvalue weighted by Crippen LogP contribution is 2.08. The maximum Gasteiger partial charge on any atom is 0.329 e. The molecular formula is C25H32N2O7. The van der Waals surface area contributed by atoms with Gasteiger partial charge < -0.3 is 19.5 Å². The summed E-state index contributed by atoms with van der Waals surface area (Å²) in [6, 6.07) is 19.8. The molecule has 0 saturated carbocycles. The molecule has 0 aromatic heterocycles. The van der Waals surface area contributed by atoms with E-state index in [9.17, 15) is 19.7 Å². The summed E-state index contributed by atoms with van der Waals surface area (Å²) in [6.45, 7) is 4.86. The monoisotopic (exact) mass is 472 g/mol. The van der Waals surface area contributed by atoms with Gasteiger partial charge >= 0.3 is 5.97 Å². The van der Waals surface area contributed by atoms with E-state index in [0.29, 0.717) is 26.2 Å². The number of hydrogen-bond acceptors (Lipinski definition) is 7. The molecule has 1 fully saturated rings. The van der Waals surface area contributed by atoms with E-state index in [0.717, 1.165) is 18.1 Å². The largest absolute Gasteiger partial charge is 0.466 e. The maximum atomic E-state index is 10.9. The van der Waals surface area contributed by atoms with E-state index in [1.807, 2.05) is 60.7 Å². The minimum absolute atomic E-state index is 0.132. The van der Waals surface area contributed by atoms with Gasteiger partial charge in [-0.2, -0.15) is 0 Å². The fraction of sp³-hybridized carbons (Fsp3) is 0.360. The van der Waals surface area contributed by atoms with Crippen molar-refractivity contribution < 1.29 is 28.7 Å². The Morgan fingerprint density at radius 2 is 1.65 bits per heavy atom. The van der Waals surface area contributed by atoms with Gasteiger partial charge in [0.15, 0.2) is 0 Å². The van der Waals surface area contributed by atoms with E-state index < -0.39 is 5.97 Å². The maximum absolute atomic E-state index is 10.9. The third-order valence-electron chi connectivity index (χ3n) is 4.41. The van der Waals surface area contributed by atoms with Gasteiger partial charge in [-0.3, -0.25) is 14.9 Å². The van der Waals surface area contributed by atoms with Crippen molar-refractivity contribution in [2.24, 2.45) is 0 Å². The minimum Gasteiger partial charge on any atom is -0.466 e. The molecule has 3 rings (SSSR count).